The summed E-state index contributed by atoms with van der Waals surface area (Å²) in [5, 5.41) is 0. The summed E-state index contributed by atoms with van der Waals surface area (Å²) < 4.78 is 0. The Morgan fingerprint density at radius 2 is 1.35 bits per heavy atom. The Morgan fingerprint density at radius 1 is 0.765 bits per heavy atom. The van der Waals surface area contributed by atoms with Crippen molar-refractivity contribution in [3.8, 4) is 0 Å². The zero-order valence-corrected chi connectivity index (χ0v) is 14.0. The summed E-state index contributed by atoms with van der Waals surface area (Å²) in [5.41, 5.74) is 4.11. The molecule has 0 atom stereocenters. The normalized spacial score (nSPS) is 8.71. The maximum absolute atomic E-state index is 4.08. The molecule has 0 nitrogen and oxygen atoms in total. The van der Waals surface area contributed by atoms with Gasteiger partial charge in [0.2, 0.25) is 0 Å². The van der Waals surface area contributed by atoms with E-state index >= 15 is 0 Å². The summed E-state index contributed by atoms with van der Waals surface area (Å²) in [6, 6.07) is 16.3. The molecular formula is C15H18NaS. The number of rotatable bonds is 0. The Bertz CT molecular complexity index is 438. The first-order valence-corrected chi connectivity index (χ1v) is 5.82. The number of thiol groups is 1. The van der Waals surface area contributed by atoms with E-state index in [4.69, 9.17) is 0 Å². The van der Waals surface area contributed by atoms with Gasteiger partial charge < -0.3 is 0 Å². The van der Waals surface area contributed by atoms with Gasteiger partial charge >= 0.3 is 0 Å². The minimum atomic E-state index is 0. The molecule has 0 aliphatic carbocycles. The number of aryl methyl sites for hydroxylation is 3. The third-order valence-corrected chi connectivity index (χ3v) is 2.72. The van der Waals surface area contributed by atoms with E-state index < -0.39 is 0 Å². The standard InChI is InChI=1S/C9H12.C6H6S.Na/c1-7-4-5-8(2)9(3)6-7;7-6-4-2-1-3-5-6;/h4-6H,1-3H3;1-5,7H;. The van der Waals surface area contributed by atoms with Gasteiger partial charge in [0.25, 0.3) is 0 Å². The van der Waals surface area contributed by atoms with Gasteiger partial charge in [-0.1, -0.05) is 42.0 Å². The average molecular weight is 253 g/mol. The second kappa shape index (κ2) is 8.82. The summed E-state index contributed by atoms with van der Waals surface area (Å²) in [5.74, 6) is 0. The van der Waals surface area contributed by atoms with Crippen molar-refractivity contribution >= 4 is 42.2 Å². The summed E-state index contributed by atoms with van der Waals surface area (Å²) in [7, 11) is 0. The largest absolute Gasteiger partial charge is 0.143 e. The van der Waals surface area contributed by atoms with Gasteiger partial charge in [0, 0.05) is 34.5 Å². The number of hydrogen-bond acceptors (Lipinski definition) is 1. The summed E-state index contributed by atoms with van der Waals surface area (Å²) in [6.45, 7) is 6.39. The molecule has 85 valence electrons. The topological polar surface area (TPSA) is 0 Å². The molecule has 0 aromatic heterocycles. The van der Waals surface area contributed by atoms with Crippen molar-refractivity contribution in [1.29, 1.82) is 0 Å². The molecule has 0 aliphatic rings. The fourth-order valence-electron chi connectivity index (χ4n) is 1.32. The molecule has 0 unspecified atom stereocenters. The van der Waals surface area contributed by atoms with Crippen LogP contribution in [-0.4, -0.2) is 29.6 Å². The monoisotopic (exact) mass is 253 g/mol. The second-order valence-electron chi connectivity index (χ2n) is 3.92. The van der Waals surface area contributed by atoms with Crippen molar-refractivity contribution in [3.63, 3.8) is 0 Å². The van der Waals surface area contributed by atoms with Crippen molar-refractivity contribution < 1.29 is 0 Å². The minimum absolute atomic E-state index is 0. The Balaban J connectivity index is 0.000000292. The molecule has 17 heavy (non-hydrogen) atoms. The van der Waals surface area contributed by atoms with E-state index in [1.165, 1.54) is 16.7 Å². The van der Waals surface area contributed by atoms with Crippen molar-refractivity contribution in [2.24, 2.45) is 0 Å². The molecule has 0 saturated heterocycles. The van der Waals surface area contributed by atoms with E-state index in [1.54, 1.807) is 0 Å². The van der Waals surface area contributed by atoms with E-state index in [0.717, 1.165) is 4.90 Å². The minimum Gasteiger partial charge on any atom is -0.143 e. The van der Waals surface area contributed by atoms with Crippen LogP contribution in [0, 0.1) is 20.8 Å². The fourth-order valence-corrected chi connectivity index (χ4v) is 1.49. The van der Waals surface area contributed by atoms with E-state index in [-0.39, 0.29) is 29.6 Å². The van der Waals surface area contributed by atoms with Gasteiger partial charge in [-0.15, -0.1) is 12.6 Å². The molecule has 2 aromatic carbocycles. The molecule has 0 saturated carbocycles. The van der Waals surface area contributed by atoms with Crippen LogP contribution in [0.2, 0.25) is 0 Å². The first kappa shape index (κ1) is 16.8. The van der Waals surface area contributed by atoms with Gasteiger partial charge in [0.05, 0.1) is 0 Å². The van der Waals surface area contributed by atoms with Crippen LogP contribution in [-0.2, 0) is 0 Å². The predicted octanol–water partition coefficient (Wildman–Crippen LogP) is 4.21. The third-order valence-electron chi connectivity index (χ3n) is 2.42. The SMILES string of the molecule is Cc1ccc(C)c(C)c1.Sc1ccccc1.[Na]. The van der Waals surface area contributed by atoms with Gasteiger partial charge in [-0.25, -0.2) is 0 Å². The van der Waals surface area contributed by atoms with Crippen molar-refractivity contribution in [3.05, 3.63) is 65.2 Å². The van der Waals surface area contributed by atoms with Crippen LogP contribution in [0.3, 0.4) is 0 Å². The van der Waals surface area contributed by atoms with Gasteiger partial charge in [-0.05, 0) is 44.0 Å². The Hall–Kier alpha value is -0.210. The molecule has 0 amide bonds. The summed E-state index contributed by atoms with van der Waals surface area (Å²) in [4.78, 5) is 1.02. The number of benzene rings is 2. The zero-order chi connectivity index (χ0) is 12.0. The molecule has 0 spiro atoms. The predicted molar refractivity (Wildman–Crippen MR) is 80.1 cm³/mol. The molecule has 2 heteroatoms. The van der Waals surface area contributed by atoms with E-state index in [2.05, 4.69) is 51.6 Å². The molecule has 0 bridgehead atoms. The number of hydrogen-bond donors (Lipinski definition) is 1. The zero-order valence-electron chi connectivity index (χ0n) is 11.1. The third kappa shape index (κ3) is 6.95. The van der Waals surface area contributed by atoms with Crippen molar-refractivity contribution in [1.82, 2.24) is 0 Å². The smallest absolute Gasteiger partial charge is 0.00399 e. The first-order chi connectivity index (χ1) is 7.59. The molecule has 0 N–H and O–H groups in total. The van der Waals surface area contributed by atoms with Crippen molar-refractivity contribution in [2.75, 3.05) is 0 Å². The molecule has 0 aliphatic heterocycles. The Labute approximate surface area is 132 Å². The molecule has 0 heterocycles. The first-order valence-electron chi connectivity index (χ1n) is 5.37. The molecule has 2 rings (SSSR count). The van der Waals surface area contributed by atoms with Crippen LogP contribution in [0.4, 0.5) is 0 Å². The molecule has 0 fully saturated rings. The van der Waals surface area contributed by atoms with Gasteiger partial charge in [-0.2, -0.15) is 0 Å². The van der Waals surface area contributed by atoms with Gasteiger partial charge in [0.15, 0.2) is 0 Å². The maximum Gasteiger partial charge on any atom is 0.00399 e. The average Bonchev–Trinajstić information content (AvgIpc) is 2.26. The van der Waals surface area contributed by atoms with E-state index in [9.17, 15) is 0 Å². The Morgan fingerprint density at radius 3 is 1.71 bits per heavy atom. The van der Waals surface area contributed by atoms with Crippen molar-refractivity contribution in [2.45, 2.75) is 25.7 Å². The van der Waals surface area contributed by atoms with Crippen LogP contribution in [0.25, 0.3) is 0 Å². The quantitative estimate of drug-likeness (QED) is 0.528. The molecule has 2 aromatic rings. The summed E-state index contributed by atoms with van der Waals surface area (Å²) in [6.07, 6.45) is 0. The molecular weight excluding hydrogens is 235 g/mol. The second-order valence-corrected chi connectivity index (χ2v) is 4.44. The van der Waals surface area contributed by atoms with Crippen LogP contribution in [0.15, 0.2) is 53.4 Å². The van der Waals surface area contributed by atoms with Gasteiger partial charge in [0.1, 0.15) is 0 Å². The van der Waals surface area contributed by atoms with Crippen LogP contribution >= 0.6 is 12.6 Å². The maximum atomic E-state index is 4.08. The van der Waals surface area contributed by atoms with Crippen LogP contribution < -0.4 is 0 Å². The van der Waals surface area contributed by atoms with E-state index in [0.29, 0.717) is 0 Å². The van der Waals surface area contributed by atoms with Crippen LogP contribution in [0.5, 0.6) is 0 Å². The fraction of sp³-hybridized carbons (Fsp3) is 0.200. The Kier molecular flexibility index (Phi) is 8.71. The van der Waals surface area contributed by atoms with Crippen LogP contribution in [0.1, 0.15) is 16.7 Å². The molecule has 1 radical (unpaired) electrons. The van der Waals surface area contributed by atoms with E-state index in [1.807, 2.05) is 30.3 Å². The van der Waals surface area contributed by atoms with Gasteiger partial charge in [-0.3, -0.25) is 0 Å². The summed E-state index contributed by atoms with van der Waals surface area (Å²) >= 11 is 4.08.